The lowest BCUT2D eigenvalue weighted by atomic mass is 10.1. The lowest BCUT2D eigenvalue weighted by Gasteiger charge is -2.08. The maximum absolute atomic E-state index is 11.8. The van der Waals surface area contributed by atoms with E-state index in [4.69, 9.17) is 9.47 Å². The topological polar surface area (TPSA) is 47.6 Å². The van der Waals surface area contributed by atoms with E-state index < -0.39 is 0 Å². The van der Waals surface area contributed by atoms with Crippen LogP contribution in [-0.4, -0.2) is 19.6 Å². The fraction of sp³-hybridized carbons (Fsp3) is 0.316. The summed E-state index contributed by atoms with van der Waals surface area (Å²) < 4.78 is 10.7. The summed E-state index contributed by atoms with van der Waals surface area (Å²) in [4.78, 5) is 11.8. The molecule has 122 valence electrons. The summed E-state index contributed by atoms with van der Waals surface area (Å²) in [6.45, 7) is 3.13. The van der Waals surface area contributed by atoms with Gasteiger partial charge in [0.05, 0.1) is 13.7 Å². The Hall–Kier alpha value is -2.49. The molecule has 0 radical (unpaired) electrons. The first-order valence-corrected chi connectivity index (χ1v) is 7.76. The fourth-order valence-electron chi connectivity index (χ4n) is 2.21. The highest BCUT2D eigenvalue weighted by Crippen LogP contribution is 2.17. The molecule has 0 unspecified atom stereocenters. The molecule has 0 saturated carbocycles. The average Bonchev–Trinajstić information content (AvgIpc) is 2.57. The van der Waals surface area contributed by atoms with Gasteiger partial charge in [0, 0.05) is 13.0 Å². The molecule has 0 aliphatic carbocycles. The molecule has 0 aromatic heterocycles. The number of benzene rings is 2. The standard InChI is InChI=1S/C19H23NO3/c1-15-5-3-6-16(13-15)14-20-19(21)7-4-12-23-18-10-8-17(22-2)9-11-18/h3,5-6,8-11,13H,4,7,12,14H2,1-2H3,(H,20,21). The molecule has 0 aliphatic heterocycles. The summed E-state index contributed by atoms with van der Waals surface area (Å²) in [6, 6.07) is 15.6. The minimum Gasteiger partial charge on any atom is -0.497 e. The van der Waals surface area contributed by atoms with E-state index in [0.717, 1.165) is 17.1 Å². The zero-order valence-corrected chi connectivity index (χ0v) is 13.7. The third kappa shape index (κ3) is 6.02. The molecule has 2 rings (SSSR count). The second-order valence-corrected chi connectivity index (χ2v) is 5.39. The normalized spacial score (nSPS) is 10.2. The average molecular weight is 313 g/mol. The van der Waals surface area contributed by atoms with Crippen LogP contribution in [0.4, 0.5) is 0 Å². The van der Waals surface area contributed by atoms with Crippen molar-refractivity contribution in [2.75, 3.05) is 13.7 Å². The minimum absolute atomic E-state index is 0.0461. The molecule has 4 heteroatoms. The molecule has 4 nitrogen and oxygen atoms in total. The van der Waals surface area contributed by atoms with E-state index in [1.54, 1.807) is 7.11 Å². The van der Waals surface area contributed by atoms with Gasteiger partial charge in [-0.2, -0.15) is 0 Å². The second kappa shape index (κ2) is 8.83. The van der Waals surface area contributed by atoms with Gasteiger partial charge in [-0.15, -0.1) is 0 Å². The molecule has 2 aromatic carbocycles. The number of carbonyl (C=O) groups excluding carboxylic acids is 1. The third-order valence-corrected chi connectivity index (χ3v) is 3.45. The van der Waals surface area contributed by atoms with Crippen molar-refractivity contribution in [3.8, 4) is 11.5 Å². The summed E-state index contributed by atoms with van der Waals surface area (Å²) in [5.41, 5.74) is 2.32. The number of amides is 1. The summed E-state index contributed by atoms with van der Waals surface area (Å²) in [6.07, 6.45) is 1.15. The smallest absolute Gasteiger partial charge is 0.220 e. The van der Waals surface area contributed by atoms with Crippen LogP contribution in [0.5, 0.6) is 11.5 Å². The lowest BCUT2D eigenvalue weighted by molar-refractivity contribution is -0.121. The van der Waals surface area contributed by atoms with Crippen molar-refractivity contribution < 1.29 is 14.3 Å². The van der Waals surface area contributed by atoms with Gasteiger partial charge in [-0.3, -0.25) is 4.79 Å². The molecular formula is C19H23NO3. The van der Waals surface area contributed by atoms with Crippen molar-refractivity contribution in [2.24, 2.45) is 0 Å². The van der Waals surface area contributed by atoms with E-state index in [-0.39, 0.29) is 5.91 Å². The molecule has 23 heavy (non-hydrogen) atoms. The van der Waals surface area contributed by atoms with Crippen LogP contribution in [0.15, 0.2) is 48.5 Å². The van der Waals surface area contributed by atoms with Crippen LogP contribution >= 0.6 is 0 Å². The fourth-order valence-corrected chi connectivity index (χ4v) is 2.21. The number of aryl methyl sites for hydroxylation is 1. The molecule has 1 N–H and O–H groups in total. The maximum Gasteiger partial charge on any atom is 0.220 e. The maximum atomic E-state index is 11.8. The Morgan fingerprint density at radius 3 is 2.52 bits per heavy atom. The van der Waals surface area contributed by atoms with Gasteiger partial charge in [-0.25, -0.2) is 0 Å². The number of rotatable bonds is 8. The summed E-state index contributed by atoms with van der Waals surface area (Å²) in [7, 11) is 1.63. The molecule has 0 fully saturated rings. The first-order valence-electron chi connectivity index (χ1n) is 7.76. The molecule has 0 heterocycles. The highest BCUT2D eigenvalue weighted by molar-refractivity contribution is 5.75. The largest absolute Gasteiger partial charge is 0.497 e. The monoisotopic (exact) mass is 313 g/mol. The number of methoxy groups -OCH3 is 1. The van der Waals surface area contributed by atoms with E-state index in [1.807, 2.05) is 49.4 Å². The molecule has 2 aromatic rings. The summed E-state index contributed by atoms with van der Waals surface area (Å²) >= 11 is 0. The lowest BCUT2D eigenvalue weighted by Crippen LogP contribution is -2.23. The van der Waals surface area contributed by atoms with Crippen LogP contribution in [0.2, 0.25) is 0 Å². The van der Waals surface area contributed by atoms with E-state index in [9.17, 15) is 4.79 Å². The molecule has 0 atom stereocenters. The van der Waals surface area contributed by atoms with Crippen LogP contribution in [0.1, 0.15) is 24.0 Å². The van der Waals surface area contributed by atoms with Gasteiger partial charge < -0.3 is 14.8 Å². The molecule has 0 spiro atoms. The predicted molar refractivity (Wildman–Crippen MR) is 90.7 cm³/mol. The Bertz CT molecular complexity index is 623. The van der Waals surface area contributed by atoms with E-state index in [0.29, 0.717) is 26.0 Å². The molecule has 0 aliphatic rings. The van der Waals surface area contributed by atoms with Crippen molar-refractivity contribution in [2.45, 2.75) is 26.3 Å². The summed E-state index contributed by atoms with van der Waals surface area (Å²) in [5.74, 6) is 1.63. The highest BCUT2D eigenvalue weighted by Gasteiger charge is 2.02. The zero-order chi connectivity index (χ0) is 16.5. The molecular weight excluding hydrogens is 290 g/mol. The third-order valence-electron chi connectivity index (χ3n) is 3.45. The van der Waals surface area contributed by atoms with Crippen LogP contribution in [-0.2, 0) is 11.3 Å². The Morgan fingerprint density at radius 2 is 1.83 bits per heavy atom. The van der Waals surface area contributed by atoms with Gasteiger partial charge in [-0.1, -0.05) is 29.8 Å². The van der Waals surface area contributed by atoms with Crippen LogP contribution in [0.25, 0.3) is 0 Å². The Balaban J connectivity index is 1.62. The Kier molecular flexibility index (Phi) is 6.48. The number of hydrogen-bond acceptors (Lipinski definition) is 3. The first-order chi connectivity index (χ1) is 11.2. The van der Waals surface area contributed by atoms with Crippen molar-refractivity contribution >= 4 is 5.91 Å². The number of ether oxygens (including phenoxy) is 2. The number of carbonyl (C=O) groups is 1. The quantitative estimate of drug-likeness (QED) is 0.759. The summed E-state index contributed by atoms with van der Waals surface area (Å²) in [5, 5.41) is 2.93. The van der Waals surface area contributed by atoms with E-state index in [1.165, 1.54) is 5.56 Å². The van der Waals surface area contributed by atoms with Crippen LogP contribution in [0, 0.1) is 6.92 Å². The highest BCUT2D eigenvalue weighted by atomic mass is 16.5. The van der Waals surface area contributed by atoms with E-state index >= 15 is 0 Å². The van der Waals surface area contributed by atoms with Crippen molar-refractivity contribution in [1.29, 1.82) is 0 Å². The Labute approximate surface area is 137 Å². The van der Waals surface area contributed by atoms with Gasteiger partial charge in [0.15, 0.2) is 0 Å². The van der Waals surface area contributed by atoms with E-state index in [2.05, 4.69) is 11.4 Å². The zero-order valence-electron chi connectivity index (χ0n) is 13.7. The predicted octanol–water partition coefficient (Wildman–Crippen LogP) is 3.48. The van der Waals surface area contributed by atoms with Gasteiger partial charge in [0.2, 0.25) is 5.91 Å². The Morgan fingerprint density at radius 1 is 1.09 bits per heavy atom. The number of hydrogen-bond donors (Lipinski definition) is 1. The number of nitrogens with one attached hydrogen (secondary N) is 1. The molecule has 0 saturated heterocycles. The van der Waals surface area contributed by atoms with Crippen molar-refractivity contribution in [3.05, 3.63) is 59.7 Å². The SMILES string of the molecule is COc1ccc(OCCCC(=O)NCc2cccc(C)c2)cc1. The molecule has 1 amide bonds. The van der Waals surface area contributed by atoms with Gasteiger partial charge in [0.1, 0.15) is 11.5 Å². The minimum atomic E-state index is 0.0461. The second-order valence-electron chi connectivity index (χ2n) is 5.39. The van der Waals surface area contributed by atoms with Gasteiger partial charge in [-0.05, 0) is 43.2 Å². The van der Waals surface area contributed by atoms with Crippen molar-refractivity contribution in [1.82, 2.24) is 5.32 Å². The van der Waals surface area contributed by atoms with Crippen LogP contribution in [0.3, 0.4) is 0 Å². The first kappa shape index (κ1) is 16.9. The molecule has 0 bridgehead atoms. The van der Waals surface area contributed by atoms with Crippen LogP contribution < -0.4 is 14.8 Å². The van der Waals surface area contributed by atoms with Gasteiger partial charge in [0.25, 0.3) is 0 Å². The van der Waals surface area contributed by atoms with Gasteiger partial charge >= 0.3 is 0 Å². The van der Waals surface area contributed by atoms with Crippen molar-refractivity contribution in [3.63, 3.8) is 0 Å².